The Morgan fingerprint density at radius 2 is 1.05 bits per heavy atom. The van der Waals surface area contributed by atoms with Crippen LogP contribution >= 0.6 is 0 Å². The van der Waals surface area contributed by atoms with Crippen molar-refractivity contribution in [1.29, 1.82) is 0 Å². The van der Waals surface area contributed by atoms with Crippen LogP contribution in [0.3, 0.4) is 0 Å². The molecule has 0 radical (unpaired) electrons. The van der Waals surface area contributed by atoms with Crippen molar-refractivity contribution < 1.29 is 19.1 Å². The minimum Gasteiger partial charge on any atom is -0.384 e. The number of aromatic amines is 3. The number of nitrogens with zero attached hydrogens (tertiary/aromatic N) is 9. The Kier molecular flexibility index (Phi) is 21.0. The third-order valence-corrected chi connectivity index (χ3v) is 16.7. The molecule has 9 heterocycles. The number of nitrogens with one attached hydrogen (secondary N) is 6. The molecule has 6 aromatic rings. The van der Waals surface area contributed by atoms with Gasteiger partial charge in [-0.25, -0.2) is 29.9 Å². The van der Waals surface area contributed by atoms with Gasteiger partial charge in [-0.2, -0.15) is 0 Å². The Balaban J connectivity index is 0.000000170. The second kappa shape index (κ2) is 27.8. The maximum atomic E-state index is 12.1. The number of H-pyrrole nitrogens is 3. The van der Waals surface area contributed by atoms with Gasteiger partial charge in [-0.05, 0) is 136 Å². The largest absolute Gasteiger partial charge is 0.384 e. The van der Waals surface area contributed by atoms with Gasteiger partial charge < -0.3 is 50.3 Å². The molecule has 3 aliphatic heterocycles. The molecule has 3 aliphatic carbocycles. The van der Waals surface area contributed by atoms with Crippen molar-refractivity contribution in [2.45, 2.75) is 156 Å². The van der Waals surface area contributed by atoms with Crippen molar-refractivity contribution in [2.75, 3.05) is 62.4 Å². The molecule has 6 N–H and O–H groups in total. The van der Waals surface area contributed by atoms with E-state index in [0.29, 0.717) is 31.5 Å². The first-order valence-corrected chi connectivity index (χ1v) is 28.1. The van der Waals surface area contributed by atoms with E-state index in [1.165, 1.54) is 73.4 Å². The summed E-state index contributed by atoms with van der Waals surface area (Å²) in [5.74, 6) is 5.29. The number of likely N-dealkylation sites (tertiary alicyclic amines) is 3. The number of piperidine rings is 3. The summed E-state index contributed by atoms with van der Waals surface area (Å²) in [6.45, 7) is 17.3. The quantitative estimate of drug-likeness (QED) is 0.0496. The number of ether oxygens (including phenoxy) is 1. The smallest absolute Gasteiger partial charge is 0.246 e. The minimum atomic E-state index is -0.00736. The highest BCUT2D eigenvalue weighted by atomic mass is 16.5. The number of methoxy groups -OCH3 is 1. The number of anilines is 3. The molecule has 432 valence electrons. The van der Waals surface area contributed by atoms with E-state index in [2.05, 4.69) is 106 Å². The molecular formula is C61H89N15O4. The van der Waals surface area contributed by atoms with Gasteiger partial charge in [-0.3, -0.25) is 14.4 Å². The number of aromatic nitrogens is 9. The van der Waals surface area contributed by atoms with E-state index < -0.39 is 0 Å². The number of hydrogen-bond acceptors (Lipinski definition) is 13. The van der Waals surface area contributed by atoms with Crippen LogP contribution in [-0.4, -0.2) is 148 Å². The fourth-order valence-electron chi connectivity index (χ4n) is 12.2. The van der Waals surface area contributed by atoms with Crippen LogP contribution in [0.4, 0.5) is 17.5 Å². The molecule has 6 aromatic heterocycles. The fraction of sp³-hybridized carbons (Fsp3) is 0.557. The molecule has 12 rings (SSSR count). The molecule has 19 heteroatoms. The summed E-state index contributed by atoms with van der Waals surface area (Å²) < 4.78 is 5.30. The van der Waals surface area contributed by atoms with Crippen molar-refractivity contribution in [1.82, 2.24) is 59.6 Å². The Hall–Kier alpha value is -7.15. The molecule has 0 spiro atoms. The standard InChI is InChI=1S/C20H27N5O.C19H25N5O2.C19H25N5O.3CH4/c1-2-17(26)25-9-5-8-16(12-25)24-20-18-15(10-14-6-3-4-7-14)11-21-19(18)22-13-23-20;1-3-16(25)24-6-4-5-13(9-24)23-19-17-15(14-7-12(14)10-26-2)8-20-18(17)21-11-22-19;1-3-16(25)24-10-15(7-4-12(24)2)23-19-17-14(8-13-5-6-13)9-20-18(17)21-11-22-19;;;/h2,11,13-14,16H,1,3-10,12H2,(H2,21,22,23,24);3,8,11-14H,1,4-7,9-10H2,2H3,(H2,20,21,22,23);3,9,11-13,15H,1,4-8,10H2,2H3,(H2,20,21,22,23);3*1H4/t16-;12-,13-,14?;12-,15+;;;/m110.../s1. The van der Waals surface area contributed by atoms with Gasteiger partial charge in [0.1, 0.15) is 53.4 Å². The van der Waals surface area contributed by atoms with E-state index in [9.17, 15) is 14.4 Å². The minimum absolute atomic E-state index is 0. The third-order valence-electron chi connectivity index (χ3n) is 16.7. The summed E-state index contributed by atoms with van der Waals surface area (Å²) in [6.07, 6.45) is 32.5. The lowest BCUT2D eigenvalue weighted by Crippen LogP contribution is -2.49. The molecule has 3 amide bonds. The van der Waals surface area contributed by atoms with Crippen molar-refractivity contribution in [2.24, 2.45) is 17.8 Å². The summed E-state index contributed by atoms with van der Waals surface area (Å²) in [5.41, 5.74) is 6.51. The van der Waals surface area contributed by atoms with Crippen molar-refractivity contribution in [3.05, 3.63) is 92.2 Å². The van der Waals surface area contributed by atoms with E-state index in [0.717, 1.165) is 140 Å². The van der Waals surface area contributed by atoms with Gasteiger partial charge in [-0.1, -0.05) is 67.7 Å². The molecule has 80 heavy (non-hydrogen) atoms. The molecule has 6 fully saturated rings. The number of amides is 3. The summed E-state index contributed by atoms with van der Waals surface area (Å²) in [7, 11) is 1.75. The van der Waals surface area contributed by atoms with Crippen molar-refractivity contribution in [3.63, 3.8) is 0 Å². The van der Waals surface area contributed by atoms with Crippen LogP contribution in [0.1, 0.15) is 135 Å². The maximum absolute atomic E-state index is 12.1. The fourth-order valence-corrected chi connectivity index (χ4v) is 12.2. The zero-order valence-corrected chi connectivity index (χ0v) is 44.9. The van der Waals surface area contributed by atoms with Crippen molar-refractivity contribution in [3.8, 4) is 0 Å². The summed E-state index contributed by atoms with van der Waals surface area (Å²) in [5, 5.41) is 14.0. The number of carbonyl (C=O) groups excluding carboxylic acids is 3. The molecule has 19 nitrogen and oxygen atoms in total. The molecule has 6 aliphatic rings. The van der Waals surface area contributed by atoms with Crippen LogP contribution in [-0.2, 0) is 32.0 Å². The second-order valence-electron chi connectivity index (χ2n) is 22.2. The molecule has 6 atom stereocenters. The van der Waals surface area contributed by atoms with E-state index in [4.69, 9.17) is 4.74 Å². The molecule has 0 aromatic carbocycles. The Bertz CT molecular complexity index is 3050. The lowest BCUT2D eigenvalue weighted by molar-refractivity contribution is -0.129. The zero-order valence-electron chi connectivity index (χ0n) is 44.9. The van der Waals surface area contributed by atoms with Gasteiger partial charge >= 0.3 is 0 Å². The molecule has 3 saturated carbocycles. The zero-order chi connectivity index (χ0) is 53.4. The number of rotatable bonds is 16. The Labute approximate surface area is 473 Å². The third kappa shape index (κ3) is 14.2. The number of fused-ring (bicyclic) bond motifs is 3. The lowest BCUT2D eigenvalue weighted by Gasteiger charge is -2.38. The van der Waals surface area contributed by atoms with Gasteiger partial charge in [0.2, 0.25) is 17.7 Å². The van der Waals surface area contributed by atoms with Crippen LogP contribution in [0.2, 0.25) is 0 Å². The van der Waals surface area contributed by atoms with Gasteiger partial charge in [0.25, 0.3) is 0 Å². The van der Waals surface area contributed by atoms with E-state index in [1.807, 2.05) is 14.7 Å². The van der Waals surface area contributed by atoms with Crippen LogP contribution in [0.25, 0.3) is 33.1 Å². The number of hydrogen-bond donors (Lipinski definition) is 6. The van der Waals surface area contributed by atoms with Crippen LogP contribution < -0.4 is 16.0 Å². The lowest BCUT2D eigenvalue weighted by atomic mass is 9.98. The monoisotopic (exact) mass is 1100 g/mol. The van der Waals surface area contributed by atoms with Crippen LogP contribution in [0, 0.1) is 17.8 Å². The van der Waals surface area contributed by atoms with Gasteiger partial charge in [0.15, 0.2) is 0 Å². The Morgan fingerprint density at radius 1 is 0.588 bits per heavy atom. The van der Waals surface area contributed by atoms with E-state index in [-0.39, 0.29) is 64.2 Å². The average molecular weight is 1100 g/mol. The first-order valence-electron chi connectivity index (χ1n) is 28.1. The van der Waals surface area contributed by atoms with E-state index >= 15 is 0 Å². The number of carbonyl (C=O) groups is 3. The average Bonchev–Trinajstić information content (AvgIpc) is 4.26. The molecule has 0 bridgehead atoms. The van der Waals surface area contributed by atoms with Gasteiger partial charge in [0, 0.05) is 89.2 Å². The summed E-state index contributed by atoms with van der Waals surface area (Å²) in [4.78, 5) is 78.1. The predicted molar refractivity (Wildman–Crippen MR) is 322 cm³/mol. The highest BCUT2D eigenvalue weighted by Gasteiger charge is 2.40. The van der Waals surface area contributed by atoms with Gasteiger partial charge in [-0.15, -0.1) is 0 Å². The SMILES string of the molecule is C.C.C.C=CC(=O)N1CCC[C@@H](Nc2ncnc3[nH]cc(C4C[C@@H]4COC)c23)C1.C=CC(=O)N1CCC[C@@H](Nc2ncnc3[nH]cc(CC4CCCC4)c23)C1.C=CC(=O)N1C[C@H](Nc2ncnc3[nH]cc(CC4CC4)c23)CC[C@@H]1C. The second-order valence-corrected chi connectivity index (χ2v) is 22.2. The predicted octanol–water partition coefficient (Wildman–Crippen LogP) is 10.4. The van der Waals surface area contributed by atoms with Crippen LogP contribution in [0.5, 0.6) is 0 Å². The normalized spacial score (nSPS) is 22.5. The highest BCUT2D eigenvalue weighted by molar-refractivity contribution is 5.93. The first kappa shape index (κ1) is 60.5. The summed E-state index contributed by atoms with van der Waals surface area (Å²) in [6, 6.07) is 0.844. The topological polar surface area (TPSA) is 231 Å². The van der Waals surface area contributed by atoms with Crippen LogP contribution in [0.15, 0.2) is 75.5 Å². The molecule has 1 unspecified atom stereocenters. The van der Waals surface area contributed by atoms with Crippen molar-refractivity contribution >= 4 is 68.3 Å². The Morgan fingerprint density at radius 3 is 1.54 bits per heavy atom. The highest BCUT2D eigenvalue weighted by Crippen LogP contribution is 2.50. The van der Waals surface area contributed by atoms with E-state index in [1.54, 1.807) is 26.1 Å². The van der Waals surface area contributed by atoms with Gasteiger partial charge in [0.05, 0.1) is 16.2 Å². The maximum Gasteiger partial charge on any atom is 0.246 e. The molecule has 3 saturated heterocycles. The molecular weight excluding hydrogens is 1010 g/mol. The first-order chi connectivity index (χ1) is 37.6. The summed E-state index contributed by atoms with van der Waals surface area (Å²) >= 11 is 0.